The molecule has 1 saturated carbocycles. The minimum atomic E-state index is -0.411. The molecular weight excluding hydrogens is 148 g/mol. The summed E-state index contributed by atoms with van der Waals surface area (Å²) >= 11 is 0. The van der Waals surface area contributed by atoms with Gasteiger partial charge in [-0.2, -0.15) is 0 Å². The van der Waals surface area contributed by atoms with Crippen LogP contribution in [-0.2, 0) is 0 Å². The van der Waals surface area contributed by atoms with Crippen LogP contribution in [0.3, 0.4) is 0 Å². The molecule has 1 nitrogen and oxygen atoms in total. The molecule has 0 radical (unpaired) electrons. The van der Waals surface area contributed by atoms with E-state index in [0.717, 1.165) is 6.42 Å². The smallest absolute Gasteiger partial charge is 0.0652 e. The van der Waals surface area contributed by atoms with E-state index in [0.29, 0.717) is 17.8 Å². The molecule has 1 rings (SSSR count). The fourth-order valence-electron chi connectivity index (χ4n) is 2.79. The maximum atomic E-state index is 10.2. The summed E-state index contributed by atoms with van der Waals surface area (Å²) in [5, 5.41) is 10.2. The molecule has 1 heteroatoms. The molecule has 0 unspecified atom stereocenters. The van der Waals surface area contributed by atoms with Gasteiger partial charge in [0.2, 0.25) is 0 Å². The van der Waals surface area contributed by atoms with Crippen LogP contribution in [0, 0.1) is 17.8 Å². The van der Waals surface area contributed by atoms with Crippen LogP contribution in [-0.4, -0.2) is 10.7 Å². The molecule has 0 saturated heterocycles. The van der Waals surface area contributed by atoms with E-state index in [1.807, 2.05) is 6.92 Å². The predicted molar refractivity (Wildman–Crippen MR) is 52.0 cm³/mol. The summed E-state index contributed by atoms with van der Waals surface area (Å²) in [5.74, 6) is 1.83. The van der Waals surface area contributed by atoms with Crippen LogP contribution >= 0.6 is 0 Å². The van der Waals surface area contributed by atoms with Crippen LogP contribution in [0.25, 0.3) is 0 Å². The number of hydrogen-bond donors (Lipinski definition) is 1. The molecule has 0 aromatic heterocycles. The minimum Gasteiger partial charge on any atom is -0.390 e. The van der Waals surface area contributed by atoms with E-state index in [-0.39, 0.29) is 0 Å². The lowest BCUT2D eigenvalue weighted by atomic mass is 9.68. The number of rotatable bonds is 1. The lowest BCUT2D eigenvalue weighted by Crippen LogP contribution is -2.42. The Balaban J connectivity index is 2.64. The summed E-state index contributed by atoms with van der Waals surface area (Å²) in [4.78, 5) is 0. The molecular formula is C11H22O. The van der Waals surface area contributed by atoms with E-state index in [1.54, 1.807) is 0 Å². The fraction of sp³-hybridized carbons (Fsp3) is 1.00. The highest BCUT2D eigenvalue weighted by molar-refractivity contribution is 4.89. The Morgan fingerprint density at radius 1 is 1.33 bits per heavy atom. The van der Waals surface area contributed by atoms with Crippen LogP contribution < -0.4 is 0 Å². The summed E-state index contributed by atoms with van der Waals surface area (Å²) in [6.07, 6.45) is 3.47. The van der Waals surface area contributed by atoms with Crippen molar-refractivity contribution >= 4 is 0 Å². The molecule has 12 heavy (non-hydrogen) atoms. The van der Waals surface area contributed by atoms with Gasteiger partial charge in [-0.1, -0.05) is 27.2 Å². The average Bonchev–Trinajstić information content (AvgIpc) is 1.82. The first kappa shape index (κ1) is 10.0. The second-order valence-corrected chi connectivity index (χ2v) is 5.09. The highest BCUT2D eigenvalue weighted by Gasteiger charge is 2.38. The Kier molecular flexibility index (Phi) is 2.82. The van der Waals surface area contributed by atoms with E-state index in [4.69, 9.17) is 0 Å². The third kappa shape index (κ3) is 2.01. The van der Waals surface area contributed by atoms with Crippen molar-refractivity contribution in [2.75, 3.05) is 0 Å². The highest BCUT2D eigenvalue weighted by atomic mass is 16.3. The van der Waals surface area contributed by atoms with Crippen LogP contribution in [0.5, 0.6) is 0 Å². The molecule has 0 bridgehead atoms. The van der Waals surface area contributed by atoms with Gasteiger partial charge in [0.1, 0.15) is 0 Å². The zero-order chi connectivity index (χ0) is 9.35. The maximum absolute atomic E-state index is 10.2. The standard InChI is InChI=1S/C11H22O/c1-8(2)10-6-5-9(3)7-11(10,4)12/h8-10,12H,5-7H2,1-4H3/t9-,10+,11+/m0/s1. The van der Waals surface area contributed by atoms with E-state index in [1.165, 1.54) is 12.8 Å². The van der Waals surface area contributed by atoms with Gasteiger partial charge >= 0.3 is 0 Å². The van der Waals surface area contributed by atoms with Crippen molar-refractivity contribution in [3.05, 3.63) is 0 Å². The monoisotopic (exact) mass is 170 g/mol. The van der Waals surface area contributed by atoms with Gasteiger partial charge in [-0.3, -0.25) is 0 Å². The van der Waals surface area contributed by atoms with Crippen LogP contribution in [0.4, 0.5) is 0 Å². The largest absolute Gasteiger partial charge is 0.390 e. The zero-order valence-corrected chi connectivity index (χ0v) is 8.80. The van der Waals surface area contributed by atoms with Crippen LogP contribution in [0.15, 0.2) is 0 Å². The van der Waals surface area contributed by atoms with Crippen molar-refractivity contribution in [1.29, 1.82) is 0 Å². The van der Waals surface area contributed by atoms with Gasteiger partial charge in [-0.05, 0) is 37.5 Å². The second-order valence-electron chi connectivity index (χ2n) is 5.09. The lowest BCUT2D eigenvalue weighted by molar-refractivity contribution is -0.0649. The molecule has 1 aliphatic rings. The third-order valence-electron chi connectivity index (χ3n) is 3.34. The van der Waals surface area contributed by atoms with Gasteiger partial charge in [0.25, 0.3) is 0 Å². The lowest BCUT2D eigenvalue weighted by Gasteiger charge is -2.42. The molecule has 1 aliphatic carbocycles. The summed E-state index contributed by atoms with van der Waals surface area (Å²) in [5.41, 5.74) is -0.411. The first-order chi connectivity index (χ1) is 5.43. The molecule has 0 heterocycles. The van der Waals surface area contributed by atoms with Crippen molar-refractivity contribution in [3.63, 3.8) is 0 Å². The molecule has 0 spiro atoms. The van der Waals surface area contributed by atoms with Gasteiger partial charge in [0.15, 0.2) is 0 Å². The average molecular weight is 170 g/mol. The van der Waals surface area contributed by atoms with Gasteiger partial charge in [-0.25, -0.2) is 0 Å². The Bertz CT molecular complexity index is 149. The summed E-state index contributed by atoms with van der Waals surface area (Å²) in [6.45, 7) is 8.68. The maximum Gasteiger partial charge on any atom is 0.0652 e. The van der Waals surface area contributed by atoms with Crippen molar-refractivity contribution in [3.8, 4) is 0 Å². The molecule has 0 aromatic rings. The van der Waals surface area contributed by atoms with E-state index >= 15 is 0 Å². The summed E-state index contributed by atoms with van der Waals surface area (Å²) in [6, 6.07) is 0. The number of hydrogen-bond acceptors (Lipinski definition) is 1. The SMILES string of the molecule is CC(C)[C@H]1CC[C@H](C)C[C@@]1(C)O. The van der Waals surface area contributed by atoms with Gasteiger partial charge in [-0.15, -0.1) is 0 Å². The summed E-state index contributed by atoms with van der Waals surface area (Å²) < 4.78 is 0. The predicted octanol–water partition coefficient (Wildman–Crippen LogP) is 2.83. The Morgan fingerprint density at radius 3 is 2.33 bits per heavy atom. The molecule has 72 valence electrons. The molecule has 0 aromatic carbocycles. The van der Waals surface area contributed by atoms with Crippen molar-refractivity contribution in [2.24, 2.45) is 17.8 Å². The molecule has 0 aliphatic heterocycles. The first-order valence-electron chi connectivity index (χ1n) is 5.16. The van der Waals surface area contributed by atoms with E-state index < -0.39 is 5.60 Å². The zero-order valence-electron chi connectivity index (χ0n) is 8.80. The van der Waals surface area contributed by atoms with Gasteiger partial charge in [0.05, 0.1) is 5.60 Å². The Labute approximate surface area is 76.2 Å². The normalized spacial score (nSPS) is 43.5. The molecule has 1 fully saturated rings. The number of aliphatic hydroxyl groups is 1. The molecule has 1 N–H and O–H groups in total. The Morgan fingerprint density at radius 2 is 1.92 bits per heavy atom. The first-order valence-corrected chi connectivity index (χ1v) is 5.16. The van der Waals surface area contributed by atoms with Crippen molar-refractivity contribution in [1.82, 2.24) is 0 Å². The highest BCUT2D eigenvalue weighted by Crippen LogP contribution is 2.40. The molecule has 3 atom stereocenters. The van der Waals surface area contributed by atoms with Crippen molar-refractivity contribution < 1.29 is 5.11 Å². The Hall–Kier alpha value is -0.0400. The fourth-order valence-corrected chi connectivity index (χ4v) is 2.79. The summed E-state index contributed by atoms with van der Waals surface area (Å²) in [7, 11) is 0. The van der Waals surface area contributed by atoms with E-state index in [2.05, 4.69) is 20.8 Å². The minimum absolute atomic E-state index is 0.411. The van der Waals surface area contributed by atoms with Crippen LogP contribution in [0.1, 0.15) is 47.0 Å². The third-order valence-corrected chi connectivity index (χ3v) is 3.34. The van der Waals surface area contributed by atoms with Crippen LogP contribution in [0.2, 0.25) is 0 Å². The molecule has 0 amide bonds. The topological polar surface area (TPSA) is 20.2 Å². The van der Waals surface area contributed by atoms with E-state index in [9.17, 15) is 5.11 Å². The second kappa shape index (κ2) is 3.37. The van der Waals surface area contributed by atoms with Gasteiger partial charge < -0.3 is 5.11 Å². The van der Waals surface area contributed by atoms with Crippen molar-refractivity contribution in [2.45, 2.75) is 52.6 Å². The van der Waals surface area contributed by atoms with Gasteiger partial charge in [0, 0.05) is 0 Å². The quantitative estimate of drug-likeness (QED) is 0.641.